The second-order valence-corrected chi connectivity index (χ2v) is 4.80. The minimum absolute atomic E-state index is 0.0809. The normalized spacial score (nSPS) is 10.1. The van der Waals surface area contributed by atoms with Crippen LogP contribution in [0.15, 0.2) is 27.1 Å². The van der Waals surface area contributed by atoms with E-state index in [2.05, 4.69) is 44.5 Å². The molecule has 0 aromatic heterocycles. The highest BCUT2D eigenvalue weighted by atomic mass is 79.9. The van der Waals surface area contributed by atoms with E-state index in [-0.39, 0.29) is 5.12 Å². The summed E-state index contributed by atoms with van der Waals surface area (Å²) in [5.41, 5.74) is 1.12. The molecule has 1 nitrogen and oxygen atoms in total. The third-order valence-electron chi connectivity index (χ3n) is 1.65. The molecule has 0 atom stereocenters. The van der Waals surface area contributed by atoms with Crippen molar-refractivity contribution in [2.45, 2.75) is 12.8 Å². The van der Waals surface area contributed by atoms with Crippen LogP contribution in [-0.2, 0) is 11.2 Å². The molecule has 13 heavy (non-hydrogen) atoms. The van der Waals surface area contributed by atoms with Gasteiger partial charge in [-0.1, -0.05) is 37.9 Å². The van der Waals surface area contributed by atoms with Gasteiger partial charge in [-0.05, 0) is 24.1 Å². The second kappa shape index (κ2) is 5.17. The summed E-state index contributed by atoms with van der Waals surface area (Å²) < 4.78 is 2.05. The van der Waals surface area contributed by atoms with Crippen LogP contribution < -0.4 is 0 Å². The van der Waals surface area contributed by atoms with Gasteiger partial charge in [0, 0.05) is 15.4 Å². The van der Waals surface area contributed by atoms with Gasteiger partial charge in [0.05, 0.1) is 0 Å². The molecule has 0 aliphatic heterocycles. The van der Waals surface area contributed by atoms with Gasteiger partial charge >= 0.3 is 0 Å². The third-order valence-corrected chi connectivity index (χ3v) is 3.36. The molecular weight excluding hydrogens is 316 g/mol. The Bertz CT molecular complexity index is 305. The van der Waals surface area contributed by atoms with Crippen LogP contribution >= 0.6 is 44.5 Å². The van der Waals surface area contributed by atoms with Crippen LogP contribution in [0.4, 0.5) is 0 Å². The smallest absolute Gasteiger partial charge is 0.186 e. The van der Waals surface area contributed by atoms with E-state index in [0.717, 1.165) is 14.5 Å². The maximum atomic E-state index is 10.7. The van der Waals surface area contributed by atoms with E-state index in [1.807, 2.05) is 18.2 Å². The Morgan fingerprint density at radius 1 is 1.31 bits per heavy atom. The number of halogens is 2. The lowest BCUT2D eigenvalue weighted by Gasteiger charge is -2.04. The number of rotatable bonds is 3. The maximum Gasteiger partial charge on any atom is 0.186 e. The lowest BCUT2D eigenvalue weighted by molar-refractivity contribution is -0.110. The molecule has 1 aromatic rings. The largest absolute Gasteiger partial charge is 0.287 e. The first kappa shape index (κ1) is 11.3. The monoisotopic (exact) mass is 322 g/mol. The first-order valence-electron chi connectivity index (χ1n) is 3.76. The minimum atomic E-state index is -0.0809. The molecule has 0 fully saturated rings. The van der Waals surface area contributed by atoms with Crippen molar-refractivity contribution in [1.82, 2.24) is 0 Å². The molecule has 0 saturated heterocycles. The molecule has 0 aliphatic carbocycles. The van der Waals surface area contributed by atoms with E-state index in [1.165, 1.54) is 0 Å². The number of carbonyl (C=O) groups is 1. The van der Waals surface area contributed by atoms with Gasteiger partial charge in [-0.15, -0.1) is 12.6 Å². The molecule has 0 aliphatic rings. The average Bonchev–Trinajstić information content (AvgIpc) is 2.03. The molecule has 70 valence electrons. The fourth-order valence-electron chi connectivity index (χ4n) is 1.00. The molecule has 4 heteroatoms. The predicted molar refractivity (Wildman–Crippen MR) is 64.2 cm³/mol. The lowest BCUT2D eigenvalue weighted by atomic mass is 10.1. The van der Waals surface area contributed by atoms with E-state index in [4.69, 9.17) is 0 Å². The Labute approximate surface area is 99.6 Å². The fourth-order valence-corrected chi connectivity index (χ4v) is 2.51. The van der Waals surface area contributed by atoms with Gasteiger partial charge in [0.25, 0.3) is 0 Å². The Hall–Kier alpha value is 0.200. The second-order valence-electron chi connectivity index (χ2n) is 2.59. The molecule has 0 N–H and O–H groups in total. The summed E-state index contributed by atoms with van der Waals surface area (Å²) in [6.07, 6.45) is 1.18. The highest BCUT2D eigenvalue weighted by Crippen LogP contribution is 2.26. The van der Waals surface area contributed by atoms with Crippen molar-refractivity contribution in [3.63, 3.8) is 0 Å². The Kier molecular flexibility index (Phi) is 4.49. The Balaban J connectivity index is 2.81. The van der Waals surface area contributed by atoms with Crippen molar-refractivity contribution in [1.29, 1.82) is 0 Å². The summed E-state index contributed by atoms with van der Waals surface area (Å²) in [6, 6.07) is 5.87. The molecule has 0 spiro atoms. The summed E-state index contributed by atoms with van der Waals surface area (Å²) in [4.78, 5) is 10.7. The summed E-state index contributed by atoms with van der Waals surface area (Å²) in [5, 5.41) is -0.0809. The standard InChI is InChI=1S/C9H8Br2OS/c10-7-2-1-3-8(11)6(7)4-5-9(12)13/h1-3H,4-5H2,(H,12,13). The zero-order valence-corrected chi connectivity index (χ0v) is 10.8. The van der Waals surface area contributed by atoms with Crippen LogP contribution in [0, 0.1) is 0 Å². The zero-order valence-electron chi connectivity index (χ0n) is 6.76. The SMILES string of the molecule is O=C(S)CCc1c(Br)cccc1Br. The van der Waals surface area contributed by atoms with E-state index in [0.29, 0.717) is 12.8 Å². The summed E-state index contributed by atoms with van der Waals surface area (Å²) >= 11 is 10.6. The van der Waals surface area contributed by atoms with Gasteiger partial charge in [-0.25, -0.2) is 0 Å². The zero-order chi connectivity index (χ0) is 9.84. The van der Waals surface area contributed by atoms with Gasteiger partial charge in [0.2, 0.25) is 0 Å². The number of hydrogen-bond acceptors (Lipinski definition) is 1. The predicted octanol–water partition coefficient (Wildman–Crippen LogP) is 3.60. The summed E-state index contributed by atoms with van der Waals surface area (Å²) in [7, 11) is 0. The van der Waals surface area contributed by atoms with E-state index < -0.39 is 0 Å². The number of hydrogen-bond donors (Lipinski definition) is 1. The highest BCUT2D eigenvalue weighted by Gasteiger charge is 2.05. The van der Waals surface area contributed by atoms with Gasteiger partial charge in [-0.3, -0.25) is 4.79 Å². The average molecular weight is 324 g/mol. The van der Waals surface area contributed by atoms with E-state index >= 15 is 0 Å². The maximum absolute atomic E-state index is 10.7. The topological polar surface area (TPSA) is 17.1 Å². The highest BCUT2D eigenvalue weighted by molar-refractivity contribution is 9.11. The Morgan fingerprint density at radius 2 is 1.85 bits per heavy atom. The van der Waals surface area contributed by atoms with Crippen molar-refractivity contribution in [2.75, 3.05) is 0 Å². The quantitative estimate of drug-likeness (QED) is 0.841. The van der Waals surface area contributed by atoms with Crippen LogP contribution in [0.3, 0.4) is 0 Å². The van der Waals surface area contributed by atoms with Crippen LogP contribution in [0.25, 0.3) is 0 Å². The number of thiol groups is 1. The van der Waals surface area contributed by atoms with Gasteiger partial charge < -0.3 is 0 Å². The molecule has 0 amide bonds. The molecule has 0 heterocycles. The van der Waals surface area contributed by atoms with Crippen LogP contribution in [-0.4, -0.2) is 5.12 Å². The summed E-state index contributed by atoms with van der Waals surface area (Å²) in [6.45, 7) is 0. The molecule has 1 aromatic carbocycles. The molecular formula is C9H8Br2OS. The molecule has 0 unspecified atom stereocenters. The van der Waals surface area contributed by atoms with Crippen molar-refractivity contribution in [3.05, 3.63) is 32.7 Å². The molecule has 1 rings (SSSR count). The first-order chi connectivity index (χ1) is 6.11. The van der Waals surface area contributed by atoms with Gasteiger partial charge in [-0.2, -0.15) is 0 Å². The van der Waals surface area contributed by atoms with E-state index in [9.17, 15) is 4.79 Å². The van der Waals surface area contributed by atoms with Crippen molar-refractivity contribution < 1.29 is 4.79 Å². The van der Waals surface area contributed by atoms with Crippen molar-refractivity contribution in [2.24, 2.45) is 0 Å². The lowest BCUT2D eigenvalue weighted by Crippen LogP contribution is -1.93. The van der Waals surface area contributed by atoms with Crippen LogP contribution in [0.2, 0.25) is 0 Å². The van der Waals surface area contributed by atoms with Crippen LogP contribution in [0.1, 0.15) is 12.0 Å². The first-order valence-corrected chi connectivity index (χ1v) is 5.79. The molecule has 0 bridgehead atoms. The van der Waals surface area contributed by atoms with Crippen LogP contribution in [0.5, 0.6) is 0 Å². The minimum Gasteiger partial charge on any atom is -0.287 e. The number of benzene rings is 1. The van der Waals surface area contributed by atoms with Gasteiger partial charge in [0.15, 0.2) is 5.12 Å². The molecule has 0 radical (unpaired) electrons. The third kappa shape index (κ3) is 3.44. The molecule has 0 saturated carbocycles. The Morgan fingerprint density at radius 3 is 2.31 bits per heavy atom. The summed E-state index contributed by atoms with van der Waals surface area (Å²) in [5.74, 6) is 0. The van der Waals surface area contributed by atoms with E-state index in [1.54, 1.807) is 0 Å². The van der Waals surface area contributed by atoms with Crippen molar-refractivity contribution in [3.8, 4) is 0 Å². The number of carbonyl (C=O) groups excluding carboxylic acids is 1. The van der Waals surface area contributed by atoms with Gasteiger partial charge in [0.1, 0.15) is 0 Å². The van der Waals surface area contributed by atoms with Crippen molar-refractivity contribution >= 4 is 49.6 Å². The fraction of sp³-hybridized carbons (Fsp3) is 0.222.